The molecule has 1 amide bonds. The van der Waals surface area contributed by atoms with Crippen LogP contribution in [0.25, 0.3) is 22.2 Å². The normalized spacial score (nSPS) is 11.0. The largest absolute Gasteiger partial charge is 0.481 e. The zero-order chi connectivity index (χ0) is 19.7. The highest BCUT2D eigenvalue weighted by atomic mass is 16.5. The van der Waals surface area contributed by atoms with Crippen molar-refractivity contribution in [1.82, 2.24) is 24.7 Å². The number of hydrogen-bond acceptors (Lipinski definition) is 5. The molecule has 0 spiro atoms. The second kappa shape index (κ2) is 7.15. The Morgan fingerprint density at radius 2 is 2.18 bits per heavy atom. The molecule has 0 saturated heterocycles. The molecular weight excluding hydrogens is 356 g/mol. The van der Waals surface area contributed by atoms with Gasteiger partial charge in [0.2, 0.25) is 11.8 Å². The van der Waals surface area contributed by atoms with Crippen molar-refractivity contribution in [3.05, 3.63) is 54.1 Å². The van der Waals surface area contributed by atoms with Gasteiger partial charge in [0, 0.05) is 48.2 Å². The molecule has 4 heterocycles. The van der Waals surface area contributed by atoms with Crippen LogP contribution in [0.4, 0.5) is 5.82 Å². The van der Waals surface area contributed by atoms with Crippen LogP contribution in [0.3, 0.4) is 0 Å². The lowest BCUT2D eigenvalue weighted by molar-refractivity contribution is -0.115. The fraction of sp³-hybridized carbons (Fsp3) is 0.200. The summed E-state index contributed by atoms with van der Waals surface area (Å²) in [7, 11) is 3.38. The number of aryl methyl sites for hydroxylation is 2. The van der Waals surface area contributed by atoms with Crippen LogP contribution in [0.15, 0.2) is 42.9 Å². The number of anilines is 1. The van der Waals surface area contributed by atoms with Gasteiger partial charge in [-0.3, -0.25) is 9.48 Å². The second-order valence-corrected chi connectivity index (χ2v) is 6.51. The van der Waals surface area contributed by atoms with Gasteiger partial charge in [-0.05, 0) is 30.7 Å². The van der Waals surface area contributed by atoms with Gasteiger partial charge >= 0.3 is 0 Å². The van der Waals surface area contributed by atoms with Gasteiger partial charge in [0.1, 0.15) is 11.5 Å². The molecule has 0 saturated carbocycles. The summed E-state index contributed by atoms with van der Waals surface area (Å²) in [6.07, 6.45) is 5.48. The number of nitrogens with zero attached hydrogens (tertiary/aromatic N) is 4. The van der Waals surface area contributed by atoms with Crippen molar-refractivity contribution in [2.75, 3.05) is 12.4 Å². The molecule has 8 nitrogen and oxygen atoms in total. The van der Waals surface area contributed by atoms with E-state index in [4.69, 9.17) is 4.74 Å². The number of methoxy groups -OCH3 is 1. The molecule has 0 aliphatic heterocycles. The van der Waals surface area contributed by atoms with Gasteiger partial charge in [-0.1, -0.05) is 0 Å². The average Bonchev–Trinajstić information content (AvgIpc) is 3.23. The van der Waals surface area contributed by atoms with Gasteiger partial charge in [0.05, 0.1) is 19.2 Å². The van der Waals surface area contributed by atoms with E-state index in [9.17, 15) is 4.79 Å². The number of aromatic nitrogens is 5. The van der Waals surface area contributed by atoms with Gasteiger partial charge in [-0.15, -0.1) is 0 Å². The monoisotopic (exact) mass is 376 g/mol. The van der Waals surface area contributed by atoms with Crippen LogP contribution < -0.4 is 10.1 Å². The maximum atomic E-state index is 12.5. The van der Waals surface area contributed by atoms with Crippen molar-refractivity contribution in [3.63, 3.8) is 0 Å². The van der Waals surface area contributed by atoms with Gasteiger partial charge in [0.15, 0.2) is 0 Å². The van der Waals surface area contributed by atoms with Crippen molar-refractivity contribution in [1.29, 1.82) is 0 Å². The molecular formula is C20H20N6O2. The lowest BCUT2D eigenvalue weighted by Crippen LogP contribution is -2.16. The Labute approximate surface area is 161 Å². The van der Waals surface area contributed by atoms with E-state index in [0.717, 1.165) is 33.4 Å². The molecule has 8 heteroatoms. The first-order valence-electron chi connectivity index (χ1n) is 8.81. The van der Waals surface area contributed by atoms with Crippen LogP contribution in [0.5, 0.6) is 5.88 Å². The van der Waals surface area contributed by atoms with E-state index in [-0.39, 0.29) is 12.3 Å². The predicted molar refractivity (Wildman–Crippen MR) is 106 cm³/mol. The Morgan fingerprint density at radius 1 is 1.32 bits per heavy atom. The first-order valence-corrected chi connectivity index (χ1v) is 8.81. The maximum absolute atomic E-state index is 12.5. The Kier molecular flexibility index (Phi) is 4.52. The van der Waals surface area contributed by atoms with Gasteiger partial charge in [-0.25, -0.2) is 9.97 Å². The minimum absolute atomic E-state index is 0.117. The van der Waals surface area contributed by atoms with Crippen LogP contribution in [-0.2, 0) is 18.3 Å². The van der Waals surface area contributed by atoms with Gasteiger partial charge in [-0.2, -0.15) is 5.10 Å². The molecule has 0 fully saturated rings. The number of pyridine rings is 2. The van der Waals surface area contributed by atoms with Crippen LogP contribution >= 0.6 is 0 Å². The number of fused-ring (bicyclic) bond motifs is 1. The Bertz CT molecular complexity index is 1160. The fourth-order valence-electron chi connectivity index (χ4n) is 3.21. The molecule has 0 aliphatic rings. The van der Waals surface area contributed by atoms with Crippen LogP contribution in [-0.4, -0.2) is 37.7 Å². The molecule has 0 bridgehead atoms. The summed E-state index contributed by atoms with van der Waals surface area (Å²) in [5.41, 5.74) is 4.17. The van der Waals surface area contributed by atoms with E-state index >= 15 is 0 Å². The van der Waals surface area contributed by atoms with Crippen molar-refractivity contribution < 1.29 is 9.53 Å². The molecule has 0 unspecified atom stereocenters. The van der Waals surface area contributed by atoms with E-state index < -0.39 is 0 Å². The number of carbonyl (C=O) groups is 1. The minimum atomic E-state index is -0.117. The van der Waals surface area contributed by atoms with E-state index in [0.29, 0.717) is 11.7 Å². The standard InChI is InChI=1S/C20H20N6O2/c1-12-7-17(26(2)25-12)24-18(27)9-14-11-23-19-16(14)8-13(10-22-19)15-5-4-6-21-20(15)28-3/h4-8,10-11H,9H2,1-3H3,(H,22,23)(H,24,27). The topological polar surface area (TPSA) is 97.7 Å². The average molecular weight is 376 g/mol. The zero-order valence-corrected chi connectivity index (χ0v) is 15.9. The maximum Gasteiger partial charge on any atom is 0.230 e. The third-order valence-electron chi connectivity index (χ3n) is 4.51. The predicted octanol–water partition coefficient (Wildman–Crippen LogP) is 2.86. The molecule has 0 radical (unpaired) electrons. The minimum Gasteiger partial charge on any atom is -0.481 e. The second-order valence-electron chi connectivity index (χ2n) is 6.51. The number of rotatable bonds is 5. The molecule has 0 atom stereocenters. The summed E-state index contributed by atoms with van der Waals surface area (Å²) in [5.74, 6) is 1.08. The summed E-state index contributed by atoms with van der Waals surface area (Å²) in [6.45, 7) is 1.88. The van der Waals surface area contributed by atoms with E-state index in [1.807, 2.05) is 37.4 Å². The van der Waals surface area contributed by atoms with E-state index in [2.05, 4.69) is 25.4 Å². The van der Waals surface area contributed by atoms with Gasteiger partial charge < -0.3 is 15.0 Å². The molecule has 4 rings (SSSR count). The Hall–Kier alpha value is -3.68. The van der Waals surface area contributed by atoms with Crippen LogP contribution in [0.1, 0.15) is 11.3 Å². The number of aromatic amines is 1. The number of nitrogens with one attached hydrogen (secondary N) is 2. The first-order chi connectivity index (χ1) is 13.5. The molecule has 28 heavy (non-hydrogen) atoms. The number of H-pyrrole nitrogens is 1. The van der Waals surface area contributed by atoms with Crippen molar-refractivity contribution in [3.8, 4) is 17.0 Å². The SMILES string of the molecule is COc1ncccc1-c1cnc2[nH]cc(CC(=O)Nc3cc(C)nn3C)c2c1. The van der Waals surface area contributed by atoms with Crippen LogP contribution in [0, 0.1) is 6.92 Å². The number of carbonyl (C=O) groups excluding carboxylic acids is 1. The molecule has 0 aromatic carbocycles. The van der Waals surface area contributed by atoms with Gasteiger partial charge in [0.25, 0.3) is 0 Å². The molecule has 2 N–H and O–H groups in total. The molecule has 4 aromatic heterocycles. The van der Waals surface area contributed by atoms with E-state index in [1.165, 1.54) is 0 Å². The van der Waals surface area contributed by atoms with Crippen molar-refractivity contribution in [2.45, 2.75) is 13.3 Å². The highest BCUT2D eigenvalue weighted by Gasteiger charge is 2.14. The fourth-order valence-corrected chi connectivity index (χ4v) is 3.21. The van der Waals surface area contributed by atoms with E-state index in [1.54, 1.807) is 31.2 Å². The summed E-state index contributed by atoms with van der Waals surface area (Å²) in [5, 5.41) is 8.03. The highest BCUT2D eigenvalue weighted by molar-refractivity contribution is 5.95. The summed E-state index contributed by atoms with van der Waals surface area (Å²) >= 11 is 0. The van der Waals surface area contributed by atoms with Crippen LogP contribution in [0.2, 0.25) is 0 Å². The summed E-state index contributed by atoms with van der Waals surface area (Å²) in [6, 6.07) is 7.61. The lowest BCUT2D eigenvalue weighted by Gasteiger charge is -2.07. The quantitative estimate of drug-likeness (QED) is 0.558. The highest BCUT2D eigenvalue weighted by Crippen LogP contribution is 2.30. The summed E-state index contributed by atoms with van der Waals surface area (Å²) in [4.78, 5) is 24.4. The molecule has 4 aromatic rings. The Morgan fingerprint density at radius 3 is 2.93 bits per heavy atom. The smallest absolute Gasteiger partial charge is 0.230 e. The van der Waals surface area contributed by atoms with Crippen molar-refractivity contribution in [2.24, 2.45) is 7.05 Å². The third-order valence-corrected chi connectivity index (χ3v) is 4.51. The lowest BCUT2D eigenvalue weighted by atomic mass is 10.1. The first kappa shape index (κ1) is 17.7. The third kappa shape index (κ3) is 3.32. The summed E-state index contributed by atoms with van der Waals surface area (Å²) < 4.78 is 7.00. The zero-order valence-electron chi connectivity index (χ0n) is 15.9. The number of hydrogen-bond donors (Lipinski definition) is 2. The molecule has 142 valence electrons. The Balaban J connectivity index is 1.63. The molecule has 0 aliphatic carbocycles. The number of ether oxygens (including phenoxy) is 1. The number of amides is 1. The van der Waals surface area contributed by atoms with Crippen molar-refractivity contribution >= 4 is 22.8 Å².